The molecule has 7 nitrogen and oxygen atoms in total. The van der Waals surface area contributed by atoms with Crippen molar-refractivity contribution in [2.45, 2.75) is 26.4 Å². The zero-order chi connectivity index (χ0) is 17.9. The van der Waals surface area contributed by atoms with E-state index in [0.29, 0.717) is 31.7 Å². The molecule has 1 fully saturated rings. The summed E-state index contributed by atoms with van der Waals surface area (Å²) in [6, 6.07) is 6.25. The Morgan fingerprint density at radius 3 is 2.21 bits per heavy atom. The molecule has 1 saturated heterocycles. The van der Waals surface area contributed by atoms with Crippen LogP contribution in [-0.2, 0) is 4.74 Å². The van der Waals surface area contributed by atoms with Crippen LogP contribution in [0.1, 0.15) is 31.1 Å². The SMILES string of the molecule is CC(C)(C)OC(=O)N1CCN(C(=O)c2cccc(B(O)O)c2)CC1. The van der Waals surface area contributed by atoms with Gasteiger partial charge in [-0.25, -0.2) is 4.79 Å². The molecule has 2 rings (SSSR count). The molecule has 2 N–H and O–H groups in total. The van der Waals surface area contributed by atoms with Crippen LogP contribution in [0.5, 0.6) is 0 Å². The van der Waals surface area contributed by atoms with Crippen LogP contribution in [0.15, 0.2) is 24.3 Å². The van der Waals surface area contributed by atoms with Gasteiger partial charge in [-0.1, -0.05) is 12.1 Å². The van der Waals surface area contributed by atoms with Crippen LogP contribution in [0.3, 0.4) is 0 Å². The van der Waals surface area contributed by atoms with Gasteiger partial charge < -0.3 is 24.6 Å². The van der Waals surface area contributed by atoms with E-state index in [1.54, 1.807) is 28.0 Å². The minimum absolute atomic E-state index is 0.193. The smallest absolute Gasteiger partial charge is 0.444 e. The van der Waals surface area contributed by atoms with E-state index in [4.69, 9.17) is 4.74 Å². The van der Waals surface area contributed by atoms with Crippen LogP contribution < -0.4 is 5.46 Å². The molecule has 0 saturated carbocycles. The quantitative estimate of drug-likeness (QED) is 0.747. The molecule has 130 valence electrons. The number of benzene rings is 1. The normalized spacial score (nSPS) is 15.2. The van der Waals surface area contributed by atoms with Crippen molar-refractivity contribution in [3.05, 3.63) is 29.8 Å². The first kappa shape index (κ1) is 18.3. The van der Waals surface area contributed by atoms with Crippen molar-refractivity contribution < 1.29 is 24.4 Å². The fraction of sp³-hybridized carbons (Fsp3) is 0.500. The predicted molar refractivity (Wildman–Crippen MR) is 90.0 cm³/mol. The molecule has 2 amide bonds. The molecule has 8 heteroatoms. The van der Waals surface area contributed by atoms with E-state index >= 15 is 0 Å². The first-order valence-corrected chi connectivity index (χ1v) is 7.91. The highest BCUT2D eigenvalue weighted by Gasteiger charge is 2.28. The number of ether oxygens (including phenoxy) is 1. The van der Waals surface area contributed by atoms with Crippen molar-refractivity contribution in [1.82, 2.24) is 9.80 Å². The van der Waals surface area contributed by atoms with Gasteiger partial charge in [0.2, 0.25) is 0 Å². The monoisotopic (exact) mass is 334 g/mol. The molecule has 0 aromatic heterocycles. The molecule has 0 aliphatic carbocycles. The summed E-state index contributed by atoms with van der Waals surface area (Å²) >= 11 is 0. The van der Waals surface area contributed by atoms with Crippen molar-refractivity contribution in [2.24, 2.45) is 0 Å². The van der Waals surface area contributed by atoms with E-state index in [1.165, 1.54) is 6.07 Å². The van der Waals surface area contributed by atoms with Gasteiger partial charge in [0.25, 0.3) is 5.91 Å². The molecule has 0 radical (unpaired) electrons. The van der Waals surface area contributed by atoms with Crippen molar-refractivity contribution >= 4 is 24.6 Å². The van der Waals surface area contributed by atoms with Gasteiger partial charge in [0.05, 0.1) is 0 Å². The van der Waals surface area contributed by atoms with Gasteiger partial charge in [0.1, 0.15) is 5.60 Å². The van der Waals surface area contributed by atoms with Crippen molar-refractivity contribution in [2.75, 3.05) is 26.2 Å². The Morgan fingerprint density at radius 2 is 1.67 bits per heavy atom. The third-order valence-corrected chi connectivity index (χ3v) is 3.65. The van der Waals surface area contributed by atoms with Crippen LogP contribution in [-0.4, -0.2) is 70.7 Å². The van der Waals surface area contributed by atoms with E-state index in [0.717, 1.165) is 0 Å². The van der Waals surface area contributed by atoms with Crippen molar-refractivity contribution in [1.29, 1.82) is 0 Å². The third-order valence-electron chi connectivity index (χ3n) is 3.65. The molecule has 24 heavy (non-hydrogen) atoms. The summed E-state index contributed by atoms with van der Waals surface area (Å²) < 4.78 is 5.33. The standard InChI is InChI=1S/C16H23BN2O5/c1-16(2,3)24-15(21)19-9-7-18(8-10-19)14(20)12-5-4-6-13(11-12)17(22)23/h4-6,11,22-23H,7-10H2,1-3H3. The maximum atomic E-state index is 12.5. The Bertz CT molecular complexity index is 607. The zero-order valence-electron chi connectivity index (χ0n) is 14.2. The van der Waals surface area contributed by atoms with Gasteiger partial charge in [-0.3, -0.25) is 4.79 Å². The summed E-state index contributed by atoms with van der Waals surface area (Å²) in [7, 11) is -1.61. The summed E-state index contributed by atoms with van der Waals surface area (Å²) in [5.74, 6) is -0.193. The highest BCUT2D eigenvalue weighted by Crippen LogP contribution is 2.13. The van der Waals surface area contributed by atoms with E-state index in [9.17, 15) is 19.6 Å². The van der Waals surface area contributed by atoms with Gasteiger partial charge in [-0.2, -0.15) is 0 Å². The lowest BCUT2D eigenvalue weighted by Gasteiger charge is -2.35. The minimum Gasteiger partial charge on any atom is -0.444 e. The molecule has 1 heterocycles. The Morgan fingerprint density at radius 1 is 1.08 bits per heavy atom. The average molecular weight is 334 g/mol. The van der Waals surface area contributed by atoms with Crippen LogP contribution in [0.2, 0.25) is 0 Å². The van der Waals surface area contributed by atoms with E-state index in [1.807, 2.05) is 20.8 Å². The summed E-state index contributed by atoms with van der Waals surface area (Å²) in [6.45, 7) is 7.06. The lowest BCUT2D eigenvalue weighted by atomic mass is 9.79. The average Bonchev–Trinajstić information content (AvgIpc) is 2.53. The number of rotatable bonds is 2. The summed E-state index contributed by atoms with van der Waals surface area (Å²) in [5.41, 5.74) is 0.120. The Balaban J connectivity index is 1.96. The van der Waals surface area contributed by atoms with Crippen LogP contribution in [0, 0.1) is 0 Å². The number of amides is 2. The number of carbonyl (C=O) groups is 2. The number of nitrogens with zero attached hydrogens (tertiary/aromatic N) is 2. The van der Waals surface area contributed by atoms with Gasteiger partial charge in [-0.05, 0) is 38.4 Å². The number of carbonyl (C=O) groups excluding carboxylic acids is 2. The molecule has 1 aliphatic heterocycles. The molecule has 0 bridgehead atoms. The van der Waals surface area contributed by atoms with Crippen LogP contribution >= 0.6 is 0 Å². The highest BCUT2D eigenvalue weighted by atomic mass is 16.6. The molecule has 1 aliphatic rings. The minimum atomic E-state index is -1.61. The second kappa shape index (κ2) is 7.23. The maximum Gasteiger partial charge on any atom is 0.488 e. The molecular formula is C16H23BN2O5. The van der Waals surface area contributed by atoms with Gasteiger partial charge in [0.15, 0.2) is 0 Å². The number of hydrogen-bond donors (Lipinski definition) is 2. The lowest BCUT2D eigenvalue weighted by Crippen LogP contribution is -2.51. The Labute approximate surface area is 142 Å². The van der Waals surface area contributed by atoms with Crippen molar-refractivity contribution in [3.8, 4) is 0 Å². The molecule has 0 unspecified atom stereocenters. The van der Waals surface area contributed by atoms with E-state index < -0.39 is 12.7 Å². The Kier molecular flexibility index (Phi) is 5.51. The van der Waals surface area contributed by atoms with Gasteiger partial charge >= 0.3 is 13.2 Å². The molecular weight excluding hydrogens is 311 g/mol. The zero-order valence-corrected chi connectivity index (χ0v) is 14.2. The van der Waals surface area contributed by atoms with E-state index in [2.05, 4.69) is 0 Å². The molecule has 0 atom stereocenters. The fourth-order valence-corrected chi connectivity index (χ4v) is 2.43. The first-order valence-electron chi connectivity index (χ1n) is 7.91. The van der Waals surface area contributed by atoms with Gasteiger partial charge in [0, 0.05) is 31.7 Å². The fourth-order valence-electron chi connectivity index (χ4n) is 2.43. The molecule has 0 spiro atoms. The molecule has 1 aromatic carbocycles. The third kappa shape index (κ3) is 4.72. The second-order valence-corrected chi connectivity index (χ2v) is 6.76. The maximum absolute atomic E-state index is 12.5. The van der Waals surface area contributed by atoms with Crippen LogP contribution in [0.25, 0.3) is 0 Å². The topological polar surface area (TPSA) is 90.3 Å². The van der Waals surface area contributed by atoms with Gasteiger partial charge in [-0.15, -0.1) is 0 Å². The Hall–Kier alpha value is -2.06. The first-order chi connectivity index (χ1) is 11.2. The molecule has 1 aromatic rings. The van der Waals surface area contributed by atoms with Crippen LogP contribution in [0.4, 0.5) is 4.79 Å². The largest absolute Gasteiger partial charge is 0.488 e. The van der Waals surface area contributed by atoms with Crippen molar-refractivity contribution in [3.63, 3.8) is 0 Å². The number of piperazine rings is 1. The summed E-state index contributed by atoms with van der Waals surface area (Å²) in [4.78, 5) is 27.8. The number of hydrogen-bond acceptors (Lipinski definition) is 5. The highest BCUT2D eigenvalue weighted by molar-refractivity contribution is 6.58. The van der Waals surface area contributed by atoms with E-state index in [-0.39, 0.29) is 17.5 Å². The second-order valence-electron chi connectivity index (χ2n) is 6.76. The predicted octanol–water partition coefficient (Wildman–Crippen LogP) is 0.0593. The summed E-state index contributed by atoms with van der Waals surface area (Å²) in [5, 5.41) is 18.4. The summed E-state index contributed by atoms with van der Waals surface area (Å²) in [6.07, 6.45) is -0.375. The lowest BCUT2D eigenvalue weighted by molar-refractivity contribution is 0.0141.